The highest BCUT2D eigenvalue weighted by atomic mass is 14.8. The van der Waals surface area contributed by atoms with Gasteiger partial charge in [-0.3, -0.25) is 0 Å². The summed E-state index contributed by atoms with van der Waals surface area (Å²) in [5.41, 5.74) is 2.37. The van der Waals surface area contributed by atoms with E-state index in [-0.39, 0.29) is 0 Å². The number of hydrogen-bond donors (Lipinski definition) is 1. The second-order valence-electron chi connectivity index (χ2n) is 2.75. The van der Waals surface area contributed by atoms with Crippen LogP contribution in [0.25, 0.3) is 5.57 Å². The quantitative estimate of drug-likeness (QED) is 0.714. The summed E-state index contributed by atoms with van der Waals surface area (Å²) < 4.78 is 0. The second kappa shape index (κ2) is 4.73. The first-order valence-electron chi connectivity index (χ1n) is 4.28. The first-order chi connectivity index (χ1) is 5.84. The summed E-state index contributed by atoms with van der Waals surface area (Å²) in [7, 11) is 0. The van der Waals surface area contributed by atoms with E-state index in [9.17, 15) is 0 Å². The van der Waals surface area contributed by atoms with Crippen LogP contribution in [0.3, 0.4) is 0 Å². The molecule has 1 aromatic carbocycles. The lowest BCUT2D eigenvalue weighted by atomic mass is 10.1. The van der Waals surface area contributed by atoms with E-state index in [2.05, 4.69) is 31.0 Å². The summed E-state index contributed by atoms with van der Waals surface area (Å²) >= 11 is 0. The fraction of sp³-hybridized carbons (Fsp3) is 0.273. The smallest absolute Gasteiger partial charge is 0.0205 e. The molecule has 0 aromatic heterocycles. The predicted octanol–water partition coefficient (Wildman–Crippen LogP) is 2.31. The molecule has 1 nitrogen and oxygen atoms in total. The summed E-state index contributed by atoms with van der Waals surface area (Å²) in [6.07, 6.45) is 0. The van der Waals surface area contributed by atoms with Gasteiger partial charge in [-0.2, -0.15) is 0 Å². The van der Waals surface area contributed by atoms with Gasteiger partial charge in [-0.05, 0) is 17.7 Å². The van der Waals surface area contributed by atoms with Gasteiger partial charge in [0.1, 0.15) is 0 Å². The lowest BCUT2D eigenvalue weighted by molar-refractivity contribution is 0.808. The summed E-state index contributed by atoms with van der Waals surface area (Å²) in [6, 6.07) is 10.3. The third kappa shape index (κ3) is 2.51. The zero-order valence-corrected chi connectivity index (χ0v) is 7.51. The minimum Gasteiger partial charge on any atom is -0.313 e. The molecule has 1 aromatic rings. The SMILES string of the molecule is C=C(CNCC)c1ccccc1. The zero-order valence-electron chi connectivity index (χ0n) is 7.51. The normalized spacial score (nSPS) is 9.75. The molecule has 0 saturated heterocycles. The molecule has 1 N–H and O–H groups in total. The van der Waals surface area contributed by atoms with Crippen molar-refractivity contribution in [3.8, 4) is 0 Å². The van der Waals surface area contributed by atoms with E-state index in [4.69, 9.17) is 0 Å². The van der Waals surface area contributed by atoms with Crippen LogP contribution in [0.1, 0.15) is 12.5 Å². The first-order valence-corrected chi connectivity index (χ1v) is 4.28. The monoisotopic (exact) mass is 161 g/mol. The van der Waals surface area contributed by atoms with Gasteiger partial charge >= 0.3 is 0 Å². The molecule has 12 heavy (non-hydrogen) atoms. The molecule has 0 aliphatic carbocycles. The maximum absolute atomic E-state index is 4.00. The molecule has 0 aliphatic heterocycles. The van der Waals surface area contributed by atoms with Gasteiger partial charge in [0.15, 0.2) is 0 Å². The van der Waals surface area contributed by atoms with Crippen LogP contribution in [0.5, 0.6) is 0 Å². The van der Waals surface area contributed by atoms with Crippen LogP contribution in [0.15, 0.2) is 36.9 Å². The van der Waals surface area contributed by atoms with Crippen molar-refractivity contribution in [1.29, 1.82) is 0 Å². The molecule has 0 spiro atoms. The molecule has 0 fully saturated rings. The van der Waals surface area contributed by atoms with Gasteiger partial charge in [0.2, 0.25) is 0 Å². The van der Waals surface area contributed by atoms with E-state index < -0.39 is 0 Å². The van der Waals surface area contributed by atoms with Crippen LogP contribution < -0.4 is 5.32 Å². The van der Waals surface area contributed by atoms with Crippen molar-refractivity contribution in [3.05, 3.63) is 42.5 Å². The Morgan fingerprint density at radius 2 is 2.00 bits per heavy atom. The van der Waals surface area contributed by atoms with Gasteiger partial charge in [0.25, 0.3) is 0 Å². The second-order valence-corrected chi connectivity index (χ2v) is 2.75. The van der Waals surface area contributed by atoms with Gasteiger partial charge in [-0.1, -0.05) is 43.8 Å². The molecule has 0 atom stereocenters. The topological polar surface area (TPSA) is 12.0 Å². The number of rotatable bonds is 4. The van der Waals surface area contributed by atoms with E-state index in [1.807, 2.05) is 18.2 Å². The standard InChI is InChI=1S/C11H15N/c1-3-12-9-10(2)11-7-5-4-6-8-11/h4-8,12H,2-3,9H2,1H3. The van der Waals surface area contributed by atoms with Crippen LogP contribution in [-0.2, 0) is 0 Å². The fourth-order valence-corrected chi connectivity index (χ4v) is 1.05. The molecule has 0 unspecified atom stereocenters. The maximum Gasteiger partial charge on any atom is 0.0205 e. The highest BCUT2D eigenvalue weighted by Crippen LogP contribution is 2.09. The van der Waals surface area contributed by atoms with Gasteiger partial charge < -0.3 is 5.32 Å². The Bertz CT molecular complexity index is 238. The minimum absolute atomic E-state index is 0.876. The van der Waals surface area contributed by atoms with Crippen molar-refractivity contribution in [2.24, 2.45) is 0 Å². The van der Waals surface area contributed by atoms with Crippen LogP contribution >= 0.6 is 0 Å². The summed E-state index contributed by atoms with van der Waals surface area (Å²) in [5, 5.41) is 3.25. The molecular formula is C11H15N. The van der Waals surface area contributed by atoms with E-state index in [0.717, 1.165) is 18.7 Å². The van der Waals surface area contributed by atoms with E-state index in [1.165, 1.54) is 5.56 Å². The lowest BCUT2D eigenvalue weighted by Crippen LogP contribution is -2.14. The average molecular weight is 161 g/mol. The average Bonchev–Trinajstić information content (AvgIpc) is 2.15. The molecule has 0 saturated carbocycles. The van der Waals surface area contributed by atoms with Crippen molar-refractivity contribution in [1.82, 2.24) is 5.32 Å². The van der Waals surface area contributed by atoms with Crippen molar-refractivity contribution >= 4 is 5.57 Å². The predicted molar refractivity (Wildman–Crippen MR) is 54.0 cm³/mol. The van der Waals surface area contributed by atoms with Crippen molar-refractivity contribution in [3.63, 3.8) is 0 Å². The molecule has 1 rings (SSSR count). The Balaban J connectivity index is 2.54. The maximum atomic E-state index is 4.00. The van der Waals surface area contributed by atoms with E-state index >= 15 is 0 Å². The number of likely N-dealkylation sites (N-methyl/N-ethyl adjacent to an activating group) is 1. The Morgan fingerprint density at radius 3 is 2.58 bits per heavy atom. The number of nitrogens with one attached hydrogen (secondary N) is 1. The van der Waals surface area contributed by atoms with Crippen molar-refractivity contribution < 1.29 is 0 Å². The summed E-state index contributed by atoms with van der Waals surface area (Å²) in [4.78, 5) is 0. The third-order valence-electron chi connectivity index (χ3n) is 1.77. The first kappa shape index (κ1) is 9.01. The van der Waals surface area contributed by atoms with Gasteiger partial charge in [0.05, 0.1) is 0 Å². The molecule has 64 valence electrons. The third-order valence-corrected chi connectivity index (χ3v) is 1.77. The fourth-order valence-electron chi connectivity index (χ4n) is 1.05. The van der Waals surface area contributed by atoms with E-state index in [0.29, 0.717) is 0 Å². The van der Waals surface area contributed by atoms with E-state index in [1.54, 1.807) is 0 Å². The highest BCUT2D eigenvalue weighted by Gasteiger charge is 1.94. The Hall–Kier alpha value is -1.08. The highest BCUT2D eigenvalue weighted by molar-refractivity contribution is 5.64. The number of hydrogen-bond acceptors (Lipinski definition) is 1. The molecule has 0 aliphatic rings. The minimum atomic E-state index is 0.876. The molecular weight excluding hydrogens is 146 g/mol. The van der Waals surface area contributed by atoms with Crippen LogP contribution in [-0.4, -0.2) is 13.1 Å². The molecule has 0 amide bonds. The van der Waals surface area contributed by atoms with Crippen molar-refractivity contribution in [2.75, 3.05) is 13.1 Å². The zero-order chi connectivity index (χ0) is 8.81. The van der Waals surface area contributed by atoms with Gasteiger partial charge in [-0.15, -0.1) is 0 Å². The largest absolute Gasteiger partial charge is 0.313 e. The Morgan fingerprint density at radius 1 is 1.33 bits per heavy atom. The molecule has 1 heteroatoms. The molecule has 0 bridgehead atoms. The van der Waals surface area contributed by atoms with Crippen LogP contribution in [0.4, 0.5) is 0 Å². The van der Waals surface area contributed by atoms with Crippen molar-refractivity contribution in [2.45, 2.75) is 6.92 Å². The molecule has 0 radical (unpaired) electrons. The Labute approximate surface area is 74.1 Å². The van der Waals surface area contributed by atoms with Gasteiger partial charge in [-0.25, -0.2) is 0 Å². The number of benzene rings is 1. The summed E-state index contributed by atoms with van der Waals surface area (Å²) in [5.74, 6) is 0. The lowest BCUT2D eigenvalue weighted by Gasteiger charge is -2.05. The van der Waals surface area contributed by atoms with Gasteiger partial charge in [0, 0.05) is 6.54 Å². The van der Waals surface area contributed by atoms with Crippen LogP contribution in [0, 0.1) is 0 Å². The van der Waals surface area contributed by atoms with Crippen LogP contribution in [0.2, 0.25) is 0 Å². The summed E-state index contributed by atoms with van der Waals surface area (Å²) in [6.45, 7) is 7.96. The molecule has 0 heterocycles. The Kier molecular flexibility index (Phi) is 3.55.